The minimum absolute atomic E-state index is 0.112. The molecule has 0 N–H and O–H groups in total. The molecule has 28 heavy (non-hydrogen) atoms. The molecule has 1 aromatic heterocycles. The van der Waals surface area contributed by atoms with E-state index in [1.54, 1.807) is 12.1 Å². The van der Waals surface area contributed by atoms with Crippen LogP contribution in [0.3, 0.4) is 0 Å². The monoisotopic (exact) mass is 387 g/mol. The standard InChI is InChI=1S/C21H26FN3O3/c22-16-8-10-17(11-9-16)27-14-19-23-21(24-28-19)18-7-3-4-12-25(18)20(26)13-15-5-1-2-6-15/h8-11,15,18H,1-7,12-14H2. The van der Waals surface area contributed by atoms with Crippen molar-refractivity contribution in [2.45, 2.75) is 64.0 Å². The van der Waals surface area contributed by atoms with Crippen LogP contribution in [0.5, 0.6) is 5.75 Å². The maximum Gasteiger partial charge on any atom is 0.264 e. The van der Waals surface area contributed by atoms with Gasteiger partial charge in [0.1, 0.15) is 11.6 Å². The molecule has 2 heterocycles. The van der Waals surface area contributed by atoms with E-state index in [9.17, 15) is 9.18 Å². The predicted molar refractivity (Wildman–Crippen MR) is 99.9 cm³/mol. The third kappa shape index (κ3) is 4.51. The van der Waals surface area contributed by atoms with Gasteiger partial charge in [0.25, 0.3) is 5.89 Å². The molecule has 1 aliphatic heterocycles. The largest absolute Gasteiger partial charge is 0.484 e. The van der Waals surface area contributed by atoms with Crippen LogP contribution in [0.2, 0.25) is 0 Å². The fourth-order valence-corrected chi connectivity index (χ4v) is 4.22. The molecule has 1 aliphatic carbocycles. The van der Waals surface area contributed by atoms with Gasteiger partial charge in [0, 0.05) is 13.0 Å². The van der Waals surface area contributed by atoms with E-state index >= 15 is 0 Å². The minimum Gasteiger partial charge on any atom is -0.484 e. The van der Waals surface area contributed by atoms with Gasteiger partial charge in [-0.05, 0) is 62.3 Å². The number of halogens is 1. The fraction of sp³-hybridized carbons (Fsp3) is 0.571. The highest BCUT2D eigenvalue weighted by Crippen LogP contribution is 2.33. The lowest BCUT2D eigenvalue weighted by atomic mass is 9.98. The molecule has 1 atom stereocenters. The zero-order valence-electron chi connectivity index (χ0n) is 16.0. The molecule has 1 unspecified atom stereocenters. The lowest BCUT2D eigenvalue weighted by molar-refractivity contribution is -0.136. The zero-order chi connectivity index (χ0) is 19.3. The normalized spacial score (nSPS) is 20.5. The maximum absolute atomic E-state index is 13.0. The van der Waals surface area contributed by atoms with Gasteiger partial charge in [0.15, 0.2) is 12.4 Å². The number of hydrogen-bond donors (Lipinski definition) is 0. The Hall–Kier alpha value is -2.44. The summed E-state index contributed by atoms with van der Waals surface area (Å²) in [5, 5.41) is 4.11. The van der Waals surface area contributed by atoms with Gasteiger partial charge < -0.3 is 14.2 Å². The average Bonchev–Trinajstić information content (AvgIpc) is 3.39. The first kappa shape index (κ1) is 18.9. The van der Waals surface area contributed by atoms with Gasteiger partial charge in [-0.1, -0.05) is 18.0 Å². The third-order valence-electron chi connectivity index (χ3n) is 5.72. The Morgan fingerprint density at radius 2 is 1.89 bits per heavy atom. The summed E-state index contributed by atoms with van der Waals surface area (Å²) >= 11 is 0. The molecule has 150 valence electrons. The van der Waals surface area contributed by atoms with Crippen molar-refractivity contribution >= 4 is 5.91 Å². The number of aromatic nitrogens is 2. The van der Waals surface area contributed by atoms with Gasteiger partial charge in [-0.25, -0.2) is 4.39 Å². The molecule has 2 aliphatic rings. The van der Waals surface area contributed by atoms with Crippen molar-refractivity contribution in [3.63, 3.8) is 0 Å². The number of carbonyl (C=O) groups excluding carboxylic acids is 1. The van der Waals surface area contributed by atoms with Crippen LogP contribution in [0.25, 0.3) is 0 Å². The molecule has 1 aromatic carbocycles. The van der Waals surface area contributed by atoms with Crippen LogP contribution in [0.4, 0.5) is 4.39 Å². The van der Waals surface area contributed by atoms with Crippen LogP contribution in [0.1, 0.15) is 69.1 Å². The molecule has 2 fully saturated rings. The summed E-state index contributed by atoms with van der Waals surface area (Å²) in [4.78, 5) is 19.3. The first-order chi connectivity index (χ1) is 13.7. The number of amides is 1. The predicted octanol–water partition coefficient (Wildman–Crippen LogP) is 4.42. The van der Waals surface area contributed by atoms with Crippen molar-refractivity contribution in [2.75, 3.05) is 6.54 Å². The number of piperidine rings is 1. The fourth-order valence-electron chi connectivity index (χ4n) is 4.22. The number of rotatable bonds is 6. The van der Waals surface area contributed by atoms with E-state index in [0.29, 0.717) is 29.8 Å². The van der Waals surface area contributed by atoms with Gasteiger partial charge >= 0.3 is 0 Å². The van der Waals surface area contributed by atoms with Gasteiger partial charge in [0.05, 0.1) is 6.04 Å². The molecule has 4 rings (SSSR count). The van der Waals surface area contributed by atoms with Gasteiger partial charge in [-0.3, -0.25) is 4.79 Å². The Morgan fingerprint density at radius 1 is 1.14 bits per heavy atom. The summed E-state index contributed by atoms with van der Waals surface area (Å²) in [6, 6.07) is 5.66. The van der Waals surface area contributed by atoms with Crippen molar-refractivity contribution in [1.82, 2.24) is 15.0 Å². The molecule has 6 nitrogen and oxygen atoms in total. The molecule has 0 radical (unpaired) electrons. The maximum atomic E-state index is 13.0. The highest BCUT2D eigenvalue weighted by atomic mass is 19.1. The number of hydrogen-bond acceptors (Lipinski definition) is 5. The molecule has 0 bridgehead atoms. The second-order valence-corrected chi connectivity index (χ2v) is 7.74. The highest BCUT2D eigenvalue weighted by Gasteiger charge is 2.32. The lowest BCUT2D eigenvalue weighted by Gasteiger charge is -2.34. The summed E-state index contributed by atoms with van der Waals surface area (Å²) in [7, 11) is 0. The Bertz CT molecular complexity index is 786. The van der Waals surface area contributed by atoms with Crippen molar-refractivity contribution < 1.29 is 18.4 Å². The number of nitrogens with zero attached hydrogens (tertiary/aromatic N) is 3. The average molecular weight is 387 g/mol. The molecule has 1 saturated carbocycles. The second-order valence-electron chi connectivity index (χ2n) is 7.74. The first-order valence-electron chi connectivity index (χ1n) is 10.2. The minimum atomic E-state index is -0.313. The van der Waals surface area contributed by atoms with Crippen LogP contribution in [-0.2, 0) is 11.4 Å². The molecular formula is C21H26FN3O3. The van der Waals surface area contributed by atoms with E-state index in [0.717, 1.165) is 38.6 Å². The summed E-state index contributed by atoms with van der Waals surface area (Å²) in [5.74, 6) is 1.87. The summed E-state index contributed by atoms with van der Waals surface area (Å²) in [6.07, 6.45) is 8.37. The van der Waals surface area contributed by atoms with Gasteiger partial charge in [0.2, 0.25) is 5.91 Å². The van der Waals surface area contributed by atoms with E-state index in [1.807, 2.05) is 4.90 Å². The van der Waals surface area contributed by atoms with Crippen molar-refractivity contribution in [3.05, 3.63) is 41.8 Å². The first-order valence-corrected chi connectivity index (χ1v) is 10.2. The number of ether oxygens (including phenoxy) is 1. The van der Waals surface area contributed by atoms with Crippen molar-refractivity contribution in [2.24, 2.45) is 5.92 Å². The summed E-state index contributed by atoms with van der Waals surface area (Å²) in [6.45, 7) is 0.869. The zero-order valence-corrected chi connectivity index (χ0v) is 16.0. The van der Waals surface area contributed by atoms with Gasteiger partial charge in [-0.2, -0.15) is 4.98 Å². The van der Waals surface area contributed by atoms with Crippen molar-refractivity contribution in [1.29, 1.82) is 0 Å². The Balaban J connectivity index is 1.38. The summed E-state index contributed by atoms with van der Waals surface area (Å²) < 4.78 is 23.9. The molecule has 1 saturated heterocycles. The summed E-state index contributed by atoms with van der Waals surface area (Å²) in [5.41, 5.74) is 0. The van der Waals surface area contributed by atoms with Crippen molar-refractivity contribution in [3.8, 4) is 5.75 Å². The SMILES string of the molecule is O=C(CC1CCCC1)N1CCCCC1c1noc(COc2ccc(F)cc2)n1. The van der Waals surface area contributed by atoms with Gasteiger partial charge in [-0.15, -0.1) is 0 Å². The van der Waals surface area contributed by atoms with E-state index in [-0.39, 0.29) is 24.4 Å². The quantitative estimate of drug-likeness (QED) is 0.734. The van der Waals surface area contributed by atoms with E-state index in [1.165, 1.54) is 25.0 Å². The van der Waals surface area contributed by atoms with Crippen LogP contribution >= 0.6 is 0 Å². The smallest absolute Gasteiger partial charge is 0.264 e. The number of carbonyl (C=O) groups is 1. The lowest BCUT2D eigenvalue weighted by Crippen LogP contribution is -2.39. The Labute approximate surface area is 164 Å². The molecule has 7 heteroatoms. The van der Waals surface area contributed by atoms with Crippen LogP contribution in [0, 0.1) is 11.7 Å². The Kier molecular flexibility index (Phi) is 5.88. The topological polar surface area (TPSA) is 68.5 Å². The molecule has 2 aromatic rings. The molecule has 1 amide bonds. The highest BCUT2D eigenvalue weighted by molar-refractivity contribution is 5.77. The van der Waals surface area contributed by atoms with Crippen LogP contribution in [0.15, 0.2) is 28.8 Å². The Morgan fingerprint density at radius 3 is 2.68 bits per heavy atom. The van der Waals surface area contributed by atoms with Crippen LogP contribution < -0.4 is 4.74 Å². The number of benzene rings is 1. The van der Waals surface area contributed by atoms with E-state index in [2.05, 4.69) is 10.1 Å². The number of likely N-dealkylation sites (tertiary alicyclic amines) is 1. The molecular weight excluding hydrogens is 361 g/mol. The molecule has 0 spiro atoms. The van der Waals surface area contributed by atoms with Crippen LogP contribution in [-0.4, -0.2) is 27.5 Å². The van der Waals surface area contributed by atoms with E-state index < -0.39 is 0 Å². The third-order valence-corrected chi connectivity index (χ3v) is 5.72. The van der Waals surface area contributed by atoms with E-state index in [4.69, 9.17) is 9.26 Å². The second kappa shape index (κ2) is 8.71.